The molecule has 0 aromatic heterocycles. The predicted molar refractivity (Wildman–Crippen MR) is 111 cm³/mol. The molecule has 0 heterocycles. The van der Waals surface area contributed by atoms with Gasteiger partial charge in [-0.05, 0) is 12.8 Å². The highest BCUT2D eigenvalue weighted by Gasteiger charge is 2.34. The molecule has 5 N–H and O–H groups in total. The molecule has 0 aliphatic carbocycles. The van der Waals surface area contributed by atoms with Crippen molar-refractivity contribution in [3.05, 3.63) is 0 Å². The first-order valence-electron chi connectivity index (χ1n) is 11.3. The third-order valence-corrected chi connectivity index (χ3v) is 5.43. The van der Waals surface area contributed by atoms with Crippen LogP contribution in [-0.2, 0) is 4.79 Å². The van der Waals surface area contributed by atoms with Crippen LogP contribution in [0.25, 0.3) is 0 Å². The summed E-state index contributed by atoms with van der Waals surface area (Å²) < 4.78 is 0. The van der Waals surface area contributed by atoms with Gasteiger partial charge in [0.1, 0.15) is 12.3 Å². The van der Waals surface area contributed by atoms with E-state index in [1.807, 2.05) is 0 Å². The molecule has 0 aliphatic heterocycles. The van der Waals surface area contributed by atoms with Crippen molar-refractivity contribution in [2.24, 2.45) is 11.7 Å². The van der Waals surface area contributed by atoms with E-state index in [-0.39, 0.29) is 6.42 Å². The molecule has 0 radical (unpaired) electrons. The van der Waals surface area contributed by atoms with Gasteiger partial charge in [0, 0.05) is 0 Å². The van der Waals surface area contributed by atoms with Gasteiger partial charge in [0.05, 0.1) is 12.0 Å². The number of hydrogen-bond acceptors (Lipinski definition) is 5. The molecule has 0 bridgehead atoms. The van der Waals surface area contributed by atoms with Gasteiger partial charge in [0.2, 0.25) is 0 Å². The molecule has 4 atom stereocenters. The number of hydrogen-bond donors (Lipinski definition) is 4. The van der Waals surface area contributed by atoms with Crippen molar-refractivity contribution in [1.29, 1.82) is 0 Å². The van der Waals surface area contributed by atoms with Gasteiger partial charge in [0.25, 0.3) is 0 Å². The van der Waals surface area contributed by atoms with Gasteiger partial charge in [-0.2, -0.15) is 0 Å². The van der Waals surface area contributed by atoms with Crippen molar-refractivity contribution < 1.29 is 20.1 Å². The van der Waals surface area contributed by atoms with Gasteiger partial charge < -0.3 is 21.1 Å². The summed E-state index contributed by atoms with van der Waals surface area (Å²) in [7, 11) is 0. The monoisotopic (exact) mass is 387 g/mol. The summed E-state index contributed by atoms with van der Waals surface area (Å²) in [6.07, 6.45) is 13.3. The minimum absolute atomic E-state index is 0.257. The third-order valence-electron chi connectivity index (χ3n) is 5.43. The van der Waals surface area contributed by atoms with Crippen LogP contribution in [-0.4, -0.2) is 39.5 Å². The lowest BCUT2D eigenvalue weighted by molar-refractivity contribution is -0.140. The van der Waals surface area contributed by atoms with Crippen LogP contribution in [0.5, 0.6) is 0 Å². The molecule has 162 valence electrons. The smallest absolute Gasteiger partial charge is 0.170 e. The summed E-state index contributed by atoms with van der Waals surface area (Å²) in [6.45, 7) is 3.93. The van der Waals surface area contributed by atoms with Crippen molar-refractivity contribution in [3.8, 4) is 0 Å². The summed E-state index contributed by atoms with van der Waals surface area (Å²) in [6, 6.07) is 0. The van der Waals surface area contributed by atoms with E-state index in [0.717, 1.165) is 19.3 Å². The maximum absolute atomic E-state index is 12.0. The molecule has 0 saturated heterocycles. The SMILES string of the molecule is CCCCCCCCCCCCCCC[C@@H](O)[C@H](C(=O)[C@H](O)CC)C(N)O. The Kier molecular flexibility index (Phi) is 17.3. The van der Waals surface area contributed by atoms with Crippen molar-refractivity contribution in [1.82, 2.24) is 0 Å². The van der Waals surface area contributed by atoms with Gasteiger partial charge in [-0.1, -0.05) is 97.3 Å². The minimum Gasteiger partial charge on any atom is -0.392 e. The quantitative estimate of drug-likeness (QED) is 0.198. The molecular weight excluding hydrogens is 342 g/mol. The maximum Gasteiger partial charge on any atom is 0.170 e. The van der Waals surface area contributed by atoms with Crippen LogP contribution in [0.4, 0.5) is 0 Å². The fraction of sp³-hybridized carbons (Fsp3) is 0.955. The predicted octanol–water partition coefficient (Wildman–Crippen LogP) is 4.06. The second kappa shape index (κ2) is 17.6. The molecule has 0 spiro atoms. The lowest BCUT2D eigenvalue weighted by Crippen LogP contribution is -2.46. The zero-order valence-corrected chi connectivity index (χ0v) is 17.7. The molecule has 0 aromatic rings. The van der Waals surface area contributed by atoms with Crippen LogP contribution in [0, 0.1) is 5.92 Å². The lowest BCUT2D eigenvalue weighted by Gasteiger charge is -2.25. The number of ketones is 1. The van der Waals surface area contributed by atoms with E-state index in [1.165, 1.54) is 64.2 Å². The van der Waals surface area contributed by atoms with Crippen LogP contribution in [0.3, 0.4) is 0 Å². The van der Waals surface area contributed by atoms with E-state index >= 15 is 0 Å². The van der Waals surface area contributed by atoms with E-state index < -0.39 is 30.1 Å². The van der Waals surface area contributed by atoms with Crippen LogP contribution in [0.15, 0.2) is 0 Å². The highest BCUT2D eigenvalue weighted by molar-refractivity contribution is 5.86. The molecule has 1 unspecified atom stereocenters. The summed E-state index contributed by atoms with van der Waals surface area (Å²) in [5.74, 6) is -1.66. The number of Topliss-reactive ketones (excluding diaryl/α,β-unsaturated/α-hetero) is 1. The van der Waals surface area contributed by atoms with Crippen molar-refractivity contribution in [3.63, 3.8) is 0 Å². The van der Waals surface area contributed by atoms with Gasteiger partial charge in [-0.15, -0.1) is 0 Å². The molecule has 5 nitrogen and oxygen atoms in total. The Hall–Kier alpha value is -0.490. The zero-order valence-electron chi connectivity index (χ0n) is 17.7. The highest BCUT2D eigenvalue weighted by atomic mass is 16.3. The molecular formula is C22H45NO4. The number of carbonyl (C=O) groups is 1. The molecule has 0 aromatic carbocycles. The van der Waals surface area contributed by atoms with E-state index in [0.29, 0.717) is 6.42 Å². The number of carbonyl (C=O) groups excluding carboxylic acids is 1. The molecule has 0 amide bonds. The molecule has 0 fully saturated rings. The number of aliphatic hydroxyl groups excluding tert-OH is 3. The average Bonchev–Trinajstić information content (AvgIpc) is 2.64. The fourth-order valence-corrected chi connectivity index (χ4v) is 3.56. The topological polar surface area (TPSA) is 104 Å². The Balaban J connectivity index is 3.69. The Labute approximate surface area is 166 Å². The number of aliphatic hydroxyl groups is 3. The molecule has 0 rings (SSSR count). The number of rotatable bonds is 19. The van der Waals surface area contributed by atoms with E-state index in [4.69, 9.17) is 5.73 Å². The van der Waals surface area contributed by atoms with Crippen molar-refractivity contribution in [2.75, 3.05) is 0 Å². The van der Waals surface area contributed by atoms with Crippen LogP contribution < -0.4 is 5.73 Å². The summed E-state index contributed by atoms with van der Waals surface area (Å²) in [5, 5.41) is 29.4. The first-order valence-corrected chi connectivity index (χ1v) is 11.3. The van der Waals surface area contributed by atoms with Gasteiger partial charge in [-0.25, -0.2) is 0 Å². The maximum atomic E-state index is 12.0. The molecule has 0 saturated carbocycles. The molecule has 5 heteroatoms. The largest absolute Gasteiger partial charge is 0.392 e. The van der Waals surface area contributed by atoms with Crippen LogP contribution >= 0.6 is 0 Å². The Morgan fingerprint density at radius 1 is 0.741 bits per heavy atom. The summed E-state index contributed by atoms with van der Waals surface area (Å²) in [5.41, 5.74) is 5.44. The summed E-state index contributed by atoms with van der Waals surface area (Å²) in [4.78, 5) is 12.0. The normalized spacial score (nSPS) is 16.1. The lowest BCUT2D eigenvalue weighted by atomic mass is 9.88. The second-order valence-corrected chi connectivity index (χ2v) is 7.94. The van der Waals surface area contributed by atoms with Crippen molar-refractivity contribution in [2.45, 2.75) is 129 Å². The molecule has 27 heavy (non-hydrogen) atoms. The van der Waals surface area contributed by atoms with Crippen LogP contribution in [0.2, 0.25) is 0 Å². The van der Waals surface area contributed by atoms with E-state index in [9.17, 15) is 20.1 Å². The van der Waals surface area contributed by atoms with Gasteiger partial charge in [0.15, 0.2) is 5.78 Å². The first-order chi connectivity index (χ1) is 13.0. The standard InChI is InChI=1S/C22H45NO4/c1-3-5-6-7-8-9-10-11-12-13-14-15-16-17-19(25)20(22(23)27)21(26)18(24)4-2/h18-20,22,24-25,27H,3-17,23H2,1-2H3/t18-,19-,20-,22?/m1/s1. The van der Waals surface area contributed by atoms with Crippen LogP contribution in [0.1, 0.15) is 110 Å². The Morgan fingerprint density at radius 2 is 1.15 bits per heavy atom. The Bertz CT molecular complexity index is 349. The number of nitrogens with two attached hydrogens (primary N) is 1. The second-order valence-electron chi connectivity index (χ2n) is 7.94. The highest BCUT2D eigenvalue weighted by Crippen LogP contribution is 2.19. The van der Waals surface area contributed by atoms with E-state index in [2.05, 4.69) is 6.92 Å². The molecule has 0 aliphatic rings. The minimum atomic E-state index is -1.43. The Morgan fingerprint density at radius 3 is 1.52 bits per heavy atom. The fourth-order valence-electron chi connectivity index (χ4n) is 3.56. The average molecular weight is 388 g/mol. The van der Waals surface area contributed by atoms with Crippen molar-refractivity contribution >= 4 is 5.78 Å². The third kappa shape index (κ3) is 13.3. The first kappa shape index (κ1) is 26.5. The summed E-state index contributed by atoms with van der Waals surface area (Å²) >= 11 is 0. The number of unbranched alkanes of at least 4 members (excludes halogenated alkanes) is 12. The zero-order chi connectivity index (χ0) is 20.5. The van der Waals surface area contributed by atoms with Gasteiger partial charge >= 0.3 is 0 Å². The van der Waals surface area contributed by atoms with Gasteiger partial charge in [-0.3, -0.25) is 4.79 Å². The van der Waals surface area contributed by atoms with E-state index in [1.54, 1.807) is 6.92 Å².